The lowest BCUT2D eigenvalue weighted by Crippen LogP contribution is -2.16. The van der Waals surface area contributed by atoms with Crippen molar-refractivity contribution in [2.75, 3.05) is 0 Å². The van der Waals surface area contributed by atoms with Crippen LogP contribution in [0.25, 0.3) is 5.57 Å². The van der Waals surface area contributed by atoms with Crippen LogP contribution in [0.4, 0.5) is 4.39 Å². The molecule has 0 amide bonds. The third-order valence-electron chi connectivity index (χ3n) is 5.05. The van der Waals surface area contributed by atoms with Crippen molar-refractivity contribution in [1.29, 1.82) is 0 Å². The first-order valence-corrected chi connectivity index (χ1v) is 10.7. The molecule has 1 aliphatic rings. The molecule has 0 saturated carbocycles. The number of aromatic carboxylic acids is 1. The maximum atomic E-state index is 13.9. The molecule has 0 saturated heterocycles. The molecule has 1 N–H and O–H groups in total. The van der Waals surface area contributed by atoms with Crippen molar-refractivity contribution < 1.29 is 14.3 Å². The van der Waals surface area contributed by atoms with E-state index in [0.29, 0.717) is 5.56 Å². The lowest BCUT2D eigenvalue weighted by atomic mass is 9.92. The molecule has 0 aromatic heterocycles. The zero-order chi connectivity index (χ0) is 22.2. The number of carboxylic acids is 1. The molecule has 0 fully saturated rings. The molecule has 1 heterocycles. The summed E-state index contributed by atoms with van der Waals surface area (Å²) in [5, 5.41) is 8.96. The van der Waals surface area contributed by atoms with E-state index >= 15 is 0 Å². The predicted molar refractivity (Wildman–Crippen MR) is 124 cm³/mol. The molecule has 4 rings (SSSR count). The number of hydrogen-bond donors (Lipinski definition) is 1. The first kappa shape index (κ1) is 21.0. The number of aryl methyl sites for hydroxylation is 1. The number of hydrogen-bond acceptors (Lipinski definition) is 2. The Hall–Kier alpha value is -3.29. The largest absolute Gasteiger partial charge is 0.478 e. The Balaban J connectivity index is 1.73. The fourth-order valence-electron chi connectivity index (χ4n) is 3.53. The number of thioether (sulfide) groups is 1. The number of halogens is 1. The predicted octanol–water partition coefficient (Wildman–Crippen LogP) is 6.55. The highest BCUT2D eigenvalue weighted by atomic mass is 32.2. The molecule has 2 nitrogen and oxygen atoms in total. The van der Waals surface area contributed by atoms with Crippen LogP contribution in [0, 0.1) is 24.6 Å². The smallest absolute Gasteiger partial charge is 0.338 e. The van der Waals surface area contributed by atoms with E-state index in [4.69, 9.17) is 5.11 Å². The van der Waals surface area contributed by atoms with Gasteiger partial charge in [-0.25, -0.2) is 9.18 Å². The first-order valence-electron chi connectivity index (χ1n) is 9.90. The normalized spacial score (nSPS) is 14.1. The van der Waals surface area contributed by atoms with Gasteiger partial charge in [-0.3, -0.25) is 0 Å². The van der Waals surface area contributed by atoms with Gasteiger partial charge in [0.25, 0.3) is 0 Å². The lowest BCUT2D eigenvalue weighted by Gasteiger charge is -2.29. The molecule has 0 radical (unpaired) electrons. The van der Waals surface area contributed by atoms with Crippen LogP contribution in [0.15, 0.2) is 71.6 Å². The average Bonchev–Trinajstić information content (AvgIpc) is 2.71. The molecule has 3 aromatic rings. The number of carboxylic acid groups (broad SMARTS) is 1. The van der Waals surface area contributed by atoms with Crippen LogP contribution in [0.1, 0.15) is 52.0 Å². The van der Waals surface area contributed by atoms with Crippen LogP contribution in [0.5, 0.6) is 0 Å². The molecule has 0 bridgehead atoms. The highest BCUT2D eigenvalue weighted by Crippen LogP contribution is 2.46. The Morgan fingerprint density at radius 3 is 2.26 bits per heavy atom. The van der Waals surface area contributed by atoms with E-state index in [0.717, 1.165) is 22.8 Å². The van der Waals surface area contributed by atoms with Crippen LogP contribution in [-0.4, -0.2) is 15.8 Å². The Morgan fingerprint density at radius 2 is 1.61 bits per heavy atom. The van der Waals surface area contributed by atoms with Crippen molar-refractivity contribution in [2.24, 2.45) is 0 Å². The fraction of sp³-hybridized carbons (Fsp3) is 0.148. The summed E-state index contributed by atoms with van der Waals surface area (Å²) in [4.78, 5) is 12.2. The molecule has 0 atom stereocenters. The van der Waals surface area contributed by atoms with Crippen LogP contribution < -0.4 is 0 Å². The van der Waals surface area contributed by atoms with Gasteiger partial charge in [0.05, 0.1) is 5.56 Å². The van der Waals surface area contributed by atoms with Gasteiger partial charge < -0.3 is 5.11 Å². The van der Waals surface area contributed by atoms with Gasteiger partial charge in [0.15, 0.2) is 0 Å². The summed E-state index contributed by atoms with van der Waals surface area (Å²) >= 11 is 1.82. The van der Waals surface area contributed by atoms with Gasteiger partial charge in [-0.05, 0) is 73.9 Å². The molecule has 0 unspecified atom stereocenters. The topological polar surface area (TPSA) is 37.3 Å². The molecule has 0 aliphatic carbocycles. The van der Waals surface area contributed by atoms with E-state index in [1.54, 1.807) is 0 Å². The van der Waals surface area contributed by atoms with Gasteiger partial charge in [0.2, 0.25) is 0 Å². The molecule has 4 heteroatoms. The molecular weight excluding hydrogens is 407 g/mol. The van der Waals surface area contributed by atoms with Crippen molar-refractivity contribution in [3.05, 3.63) is 106 Å². The quantitative estimate of drug-likeness (QED) is 0.471. The Bertz CT molecular complexity index is 1270. The molecule has 1 aliphatic heterocycles. The van der Waals surface area contributed by atoms with Gasteiger partial charge in [-0.1, -0.05) is 47.7 Å². The monoisotopic (exact) mass is 428 g/mol. The first-order chi connectivity index (χ1) is 14.7. The third-order valence-corrected chi connectivity index (χ3v) is 6.27. The van der Waals surface area contributed by atoms with Gasteiger partial charge >= 0.3 is 5.97 Å². The summed E-state index contributed by atoms with van der Waals surface area (Å²) < 4.78 is 13.9. The minimum Gasteiger partial charge on any atom is -0.478 e. The Kier molecular flexibility index (Phi) is 5.47. The van der Waals surface area contributed by atoms with Crippen LogP contribution in [0.3, 0.4) is 0 Å². The average molecular weight is 429 g/mol. The number of benzene rings is 3. The molecule has 3 aromatic carbocycles. The standard InChI is InChI=1S/C27H21FO2S/c1-17-4-10-20(11-5-17)23-16-27(2,3)31-25-13-9-18(14-22(23)25)6-7-19-8-12-21(26(29)30)24(28)15-19/h4-5,8-16H,1-3H3,(H,29,30). The van der Waals surface area contributed by atoms with Crippen LogP contribution in [0.2, 0.25) is 0 Å². The third kappa shape index (κ3) is 4.57. The van der Waals surface area contributed by atoms with Gasteiger partial charge in [0.1, 0.15) is 5.82 Å². The summed E-state index contributed by atoms with van der Waals surface area (Å²) in [7, 11) is 0. The van der Waals surface area contributed by atoms with Crippen LogP contribution >= 0.6 is 11.8 Å². The minimum atomic E-state index is -1.29. The zero-order valence-corrected chi connectivity index (χ0v) is 18.3. The maximum Gasteiger partial charge on any atom is 0.338 e. The second-order valence-corrected chi connectivity index (χ2v) is 9.79. The summed E-state index contributed by atoms with van der Waals surface area (Å²) in [6.07, 6.45) is 2.29. The van der Waals surface area contributed by atoms with Crippen molar-refractivity contribution >= 4 is 23.3 Å². The van der Waals surface area contributed by atoms with E-state index in [2.05, 4.69) is 75.1 Å². The molecular formula is C27H21FO2S. The summed E-state index contributed by atoms with van der Waals surface area (Å²) in [5.74, 6) is 3.96. The van der Waals surface area contributed by atoms with E-state index in [1.807, 2.05) is 17.8 Å². The van der Waals surface area contributed by atoms with E-state index in [9.17, 15) is 9.18 Å². The molecule has 0 spiro atoms. The Labute approximate surface area is 185 Å². The van der Waals surface area contributed by atoms with E-state index in [-0.39, 0.29) is 10.3 Å². The minimum absolute atomic E-state index is 0.0240. The van der Waals surface area contributed by atoms with Crippen molar-refractivity contribution in [3.8, 4) is 11.8 Å². The van der Waals surface area contributed by atoms with Crippen molar-refractivity contribution in [2.45, 2.75) is 30.4 Å². The van der Waals surface area contributed by atoms with Gasteiger partial charge in [-0.15, -0.1) is 11.8 Å². The zero-order valence-electron chi connectivity index (χ0n) is 17.5. The summed E-state index contributed by atoms with van der Waals surface area (Å²) in [6, 6.07) is 18.6. The second kappa shape index (κ2) is 8.09. The summed E-state index contributed by atoms with van der Waals surface area (Å²) in [5.41, 5.74) is 5.59. The number of carbonyl (C=O) groups is 1. The number of rotatable bonds is 2. The highest BCUT2D eigenvalue weighted by Gasteiger charge is 2.26. The number of fused-ring (bicyclic) bond motifs is 1. The molecule has 154 valence electrons. The van der Waals surface area contributed by atoms with E-state index in [1.165, 1.54) is 28.2 Å². The summed E-state index contributed by atoms with van der Waals surface area (Å²) in [6.45, 7) is 6.49. The Morgan fingerprint density at radius 1 is 0.968 bits per heavy atom. The van der Waals surface area contributed by atoms with Crippen molar-refractivity contribution in [1.82, 2.24) is 0 Å². The molecule has 31 heavy (non-hydrogen) atoms. The van der Waals surface area contributed by atoms with Gasteiger partial charge in [-0.2, -0.15) is 0 Å². The highest BCUT2D eigenvalue weighted by molar-refractivity contribution is 8.01. The van der Waals surface area contributed by atoms with Crippen LogP contribution in [-0.2, 0) is 0 Å². The maximum absolute atomic E-state index is 13.9. The second-order valence-electron chi connectivity index (χ2n) is 8.09. The van der Waals surface area contributed by atoms with Gasteiger partial charge in [0, 0.05) is 20.8 Å². The lowest BCUT2D eigenvalue weighted by molar-refractivity contribution is 0.0692. The van der Waals surface area contributed by atoms with E-state index < -0.39 is 11.8 Å². The fourth-order valence-corrected chi connectivity index (χ4v) is 4.69. The SMILES string of the molecule is Cc1ccc(C2=CC(C)(C)Sc3ccc(C#Cc4ccc(C(=O)O)c(F)c4)cc32)cc1. The van der Waals surface area contributed by atoms with Crippen molar-refractivity contribution in [3.63, 3.8) is 0 Å².